The zero-order chi connectivity index (χ0) is 19.7. The van der Waals surface area contributed by atoms with Crippen molar-refractivity contribution in [1.29, 1.82) is 0 Å². The molecule has 0 spiro atoms. The van der Waals surface area contributed by atoms with E-state index in [4.69, 9.17) is 0 Å². The third-order valence-electron chi connectivity index (χ3n) is 4.73. The van der Waals surface area contributed by atoms with E-state index < -0.39 is 10.0 Å². The highest BCUT2D eigenvalue weighted by atomic mass is 79.9. The molecular weight excluding hydrogens is 465 g/mol. The van der Waals surface area contributed by atoms with Crippen LogP contribution in [0, 0.1) is 5.82 Å². The van der Waals surface area contributed by atoms with Gasteiger partial charge in [-0.15, -0.1) is 10.2 Å². The molecule has 0 amide bonds. The lowest BCUT2D eigenvalue weighted by Gasteiger charge is -2.30. The number of rotatable bonds is 4. The molecule has 0 N–H and O–H groups in total. The van der Waals surface area contributed by atoms with Gasteiger partial charge in [0, 0.05) is 29.0 Å². The molecule has 146 valence electrons. The minimum Gasteiger partial charge on any atom is -0.207 e. The van der Waals surface area contributed by atoms with Gasteiger partial charge in [-0.1, -0.05) is 39.4 Å². The van der Waals surface area contributed by atoms with Crippen molar-refractivity contribution in [1.82, 2.24) is 14.5 Å². The van der Waals surface area contributed by atoms with Gasteiger partial charge in [0.05, 0.1) is 4.90 Å². The Balaban J connectivity index is 1.56. The lowest BCUT2D eigenvalue weighted by molar-refractivity contribution is 0.314. The highest BCUT2D eigenvalue weighted by molar-refractivity contribution is 9.10. The molecule has 1 aliphatic rings. The van der Waals surface area contributed by atoms with Gasteiger partial charge in [-0.3, -0.25) is 0 Å². The number of piperidine rings is 1. The Morgan fingerprint density at radius 3 is 2.61 bits per heavy atom. The van der Waals surface area contributed by atoms with Crippen molar-refractivity contribution < 1.29 is 12.8 Å². The SMILES string of the molecule is O=S(=O)(c1ccc(Br)cc1)N1CCCC(c2nnc(-c3ccccc3F)s2)C1. The van der Waals surface area contributed by atoms with E-state index in [2.05, 4.69) is 26.1 Å². The van der Waals surface area contributed by atoms with E-state index in [-0.39, 0.29) is 16.6 Å². The topological polar surface area (TPSA) is 63.2 Å². The fourth-order valence-electron chi connectivity index (χ4n) is 3.26. The molecule has 1 aliphatic heterocycles. The van der Waals surface area contributed by atoms with Gasteiger partial charge in [0.15, 0.2) is 5.01 Å². The molecule has 5 nitrogen and oxygen atoms in total. The number of halogens is 2. The van der Waals surface area contributed by atoms with E-state index in [1.54, 1.807) is 42.5 Å². The molecule has 28 heavy (non-hydrogen) atoms. The Hall–Kier alpha value is -1.68. The van der Waals surface area contributed by atoms with E-state index in [9.17, 15) is 12.8 Å². The molecule has 1 aromatic heterocycles. The maximum Gasteiger partial charge on any atom is 0.243 e. The summed E-state index contributed by atoms with van der Waals surface area (Å²) in [6.07, 6.45) is 1.58. The third kappa shape index (κ3) is 3.89. The number of nitrogens with zero attached hydrogens (tertiary/aromatic N) is 3. The third-order valence-corrected chi connectivity index (χ3v) is 8.26. The highest BCUT2D eigenvalue weighted by Crippen LogP contribution is 2.35. The van der Waals surface area contributed by atoms with Crippen LogP contribution in [0.1, 0.15) is 23.8 Å². The first-order chi connectivity index (χ1) is 13.4. The number of sulfonamides is 1. The summed E-state index contributed by atoms with van der Waals surface area (Å²) in [7, 11) is -3.56. The van der Waals surface area contributed by atoms with Crippen LogP contribution in [0.15, 0.2) is 57.9 Å². The van der Waals surface area contributed by atoms with Crippen molar-refractivity contribution in [2.45, 2.75) is 23.7 Å². The molecule has 1 fully saturated rings. The Kier molecular flexibility index (Phi) is 5.59. The summed E-state index contributed by atoms with van der Waals surface area (Å²) in [6.45, 7) is 0.832. The van der Waals surface area contributed by atoms with Gasteiger partial charge in [-0.05, 0) is 49.2 Å². The minimum absolute atomic E-state index is 0.0444. The van der Waals surface area contributed by atoms with E-state index in [0.29, 0.717) is 23.7 Å². The normalized spacial score (nSPS) is 18.3. The van der Waals surface area contributed by atoms with E-state index in [1.807, 2.05) is 0 Å². The summed E-state index contributed by atoms with van der Waals surface area (Å²) in [5, 5.41) is 9.62. The molecule has 1 unspecified atom stereocenters. The van der Waals surface area contributed by atoms with Gasteiger partial charge in [0.2, 0.25) is 10.0 Å². The van der Waals surface area contributed by atoms with Gasteiger partial charge in [-0.25, -0.2) is 12.8 Å². The van der Waals surface area contributed by atoms with Crippen molar-refractivity contribution in [3.8, 4) is 10.6 Å². The summed E-state index contributed by atoms with van der Waals surface area (Å²) in [6, 6.07) is 13.1. The van der Waals surface area contributed by atoms with Crippen LogP contribution in [0.2, 0.25) is 0 Å². The summed E-state index contributed by atoms with van der Waals surface area (Å²) < 4.78 is 42.3. The van der Waals surface area contributed by atoms with Crippen LogP contribution < -0.4 is 0 Å². The second kappa shape index (κ2) is 7.98. The molecule has 3 aromatic rings. The van der Waals surface area contributed by atoms with Crippen molar-refractivity contribution in [2.75, 3.05) is 13.1 Å². The Morgan fingerprint density at radius 2 is 1.86 bits per heavy atom. The average Bonchev–Trinajstić information content (AvgIpc) is 3.19. The lowest BCUT2D eigenvalue weighted by atomic mass is 10.0. The molecule has 2 heterocycles. The van der Waals surface area contributed by atoms with Crippen LogP contribution in [0.4, 0.5) is 4.39 Å². The smallest absolute Gasteiger partial charge is 0.207 e. The number of aromatic nitrogens is 2. The van der Waals surface area contributed by atoms with Gasteiger partial charge in [0.1, 0.15) is 10.8 Å². The lowest BCUT2D eigenvalue weighted by Crippen LogP contribution is -2.39. The molecule has 0 aliphatic carbocycles. The van der Waals surface area contributed by atoms with E-state index in [1.165, 1.54) is 21.7 Å². The Bertz CT molecular complexity index is 1090. The summed E-state index contributed by atoms with van der Waals surface area (Å²) in [4.78, 5) is 0.278. The standard InChI is InChI=1S/C19H17BrFN3O2S2/c20-14-7-9-15(10-8-14)28(25,26)24-11-3-4-13(12-24)18-22-23-19(27-18)16-5-1-2-6-17(16)21/h1-2,5-10,13H,3-4,11-12H2. The first-order valence-electron chi connectivity index (χ1n) is 8.79. The molecule has 4 rings (SSSR count). The highest BCUT2D eigenvalue weighted by Gasteiger charge is 2.32. The zero-order valence-corrected chi connectivity index (χ0v) is 18.0. The van der Waals surface area contributed by atoms with Crippen molar-refractivity contribution >= 4 is 37.3 Å². The maximum atomic E-state index is 14.0. The van der Waals surface area contributed by atoms with Crippen LogP contribution in [0.3, 0.4) is 0 Å². The minimum atomic E-state index is -3.56. The van der Waals surface area contributed by atoms with Crippen LogP contribution >= 0.6 is 27.3 Å². The molecule has 9 heteroatoms. The molecular formula is C19H17BrFN3O2S2. The number of hydrogen-bond donors (Lipinski definition) is 0. The van der Waals surface area contributed by atoms with E-state index in [0.717, 1.165) is 22.3 Å². The fraction of sp³-hybridized carbons (Fsp3) is 0.263. The molecule has 0 bridgehead atoms. The first kappa shape index (κ1) is 19.6. The molecule has 0 saturated carbocycles. The predicted molar refractivity (Wildman–Crippen MR) is 110 cm³/mol. The Labute approximate surface area is 175 Å². The van der Waals surface area contributed by atoms with Crippen molar-refractivity contribution in [3.63, 3.8) is 0 Å². The van der Waals surface area contributed by atoms with Crippen molar-refractivity contribution in [3.05, 3.63) is 63.8 Å². The summed E-state index contributed by atoms with van der Waals surface area (Å²) in [5.41, 5.74) is 0.418. The van der Waals surface area contributed by atoms with Crippen LogP contribution in [-0.4, -0.2) is 36.0 Å². The van der Waals surface area contributed by atoms with Gasteiger partial charge >= 0.3 is 0 Å². The zero-order valence-electron chi connectivity index (χ0n) is 14.8. The second-order valence-corrected chi connectivity index (χ2v) is 10.4. The summed E-state index contributed by atoms with van der Waals surface area (Å²) >= 11 is 4.65. The van der Waals surface area contributed by atoms with Crippen LogP contribution in [0.5, 0.6) is 0 Å². The second-order valence-electron chi connectivity index (χ2n) is 6.58. The molecule has 2 aromatic carbocycles. The Morgan fingerprint density at radius 1 is 1.11 bits per heavy atom. The first-order valence-corrected chi connectivity index (χ1v) is 11.8. The average molecular weight is 482 g/mol. The van der Waals surface area contributed by atoms with Crippen LogP contribution in [0.25, 0.3) is 10.6 Å². The predicted octanol–water partition coefficient (Wildman–Crippen LogP) is 4.68. The van der Waals surface area contributed by atoms with Crippen molar-refractivity contribution in [2.24, 2.45) is 0 Å². The fourth-order valence-corrected chi connectivity index (χ4v) is 6.05. The van der Waals surface area contributed by atoms with Gasteiger partial charge in [-0.2, -0.15) is 4.31 Å². The number of hydrogen-bond acceptors (Lipinski definition) is 5. The van der Waals surface area contributed by atoms with E-state index >= 15 is 0 Å². The maximum absolute atomic E-state index is 14.0. The molecule has 1 atom stereocenters. The van der Waals surface area contributed by atoms with Gasteiger partial charge in [0.25, 0.3) is 0 Å². The largest absolute Gasteiger partial charge is 0.243 e. The van der Waals surface area contributed by atoms with Crippen LogP contribution in [-0.2, 0) is 10.0 Å². The van der Waals surface area contributed by atoms with Gasteiger partial charge < -0.3 is 0 Å². The monoisotopic (exact) mass is 481 g/mol. The molecule has 0 radical (unpaired) electrons. The number of benzene rings is 2. The quantitative estimate of drug-likeness (QED) is 0.542. The molecule has 1 saturated heterocycles. The summed E-state index contributed by atoms with van der Waals surface area (Å²) in [5.74, 6) is -0.384.